The van der Waals surface area contributed by atoms with E-state index in [0.717, 1.165) is 5.56 Å². The Balaban J connectivity index is 3.81. The lowest BCUT2D eigenvalue weighted by Crippen LogP contribution is -2.52. The fraction of sp³-hybridized carbons (Fsp3) is 0.560. The summed E-state index contributed by atoms with van der Waals surface area (Å²) in [7, 11) is 0. The molecule has 0 aliphatic rings. The van der Waals surface area contributed by atoms with Gasteiger partial charge in [0.1, 0.15) is 5.78 Å². The molecular formula is C25H38N2O4. The second-order valence-electron chi connectivity index (χ2n) is 9.46. The van der Waals surface area contributed by atoms with Crippen LogP contribution in [0.3, 0.4) is 0 Å². The third-order valence-electron chi connectivity index (χ3n) is 5.53. The van der Waals surface area contributed by atoms with E-state index in [1.807, 2.05) is 58.0 Å². The average Bonchev–Trinajstić information content (AvgIpc) is 2.69. The molecule has 31 heavy (non-hydrogen) atoms. The average molecular weight is 431 g/mol. The summed E-state index contributed by atoms with van der Waals surface area (Å²) >= 11 is 0. The summed E-state index contributed by atoms with van der Waals surface area (Å²) in [4.78, 5) is 39.2. The number of ketones is 1. The first kappa shape index (κ1) is 26.6. The summed E-state index contributed by atoms with van der Waals surface area (Å²) in [6, 6.07) is 9.44. The van der Waals surface area contributed by atoms with Gasteiger partial charge < -0.3 is 5.11 Å². The summed E-state index contributed by atoms with van der Waals surface area (Å²) in [5.41, 5.74) is 1.65. The van der Waals surface area contributed by atoms with E-state index in [1.54, 1.807) is 26.0 Å². The topological polar surface area (TPSA) is 109 Å². The number of carbonyl (C=O) groups excluding carboxylic acids is 2. The Morgan fingerprint density at radius 1 is 1.03 bits per heavy atom. The van der Waals surface area contributed by atoms with Gasteiger partial charge in [-0.15, -0.1) is 0 Å². The number of amides is 1. The van der Waals surface area contributed by atoms with Crippen molar-refractivity contribution in [3.8, 4) is 0 Å². The quantitative estimate of drug-likeness (QED) is 0.260. The van der Waals surface area contributed by atoms with E-state index in [-0.39, 0.29) is 17.6 Å². The number of allylic oxidation sites excluding steroid dienone is 1. The Morgan fingerprint density at radius 3 is 2.03 bits per heavy atom. The van der Waals surface area contributed by atoms with E-state index in [9.17, 15) is 19.5 Å². The maximum atomic E-state index is 13.7. The number of benzene rings is 1. The molecule has 3 atom stereocenters. The Hall–Kier alpha value is -2.47. The van der Waals surface area contributed by atoms with E-state index in [4.69, 9.17) is 5.84 Å². The maximum Gasteiger partial charge on any atom is 0.308 e. The summed E-state index contributed by atoms with van der Waals surface area (Å²) in [5.74, 6) is 1.03. The van der Waals surface area contributed by atoms with E-state index in [2.05, 4.69) is 5.43 Å². The maximum absolute atomic E-state index is 13.7. The van der Waals surface area contributed by atoms with E-state index >= 15 is 0 Å². The summed E-state index contributed by atoms with van der Waals surface area (Å²) < 4.78 is 0. The molecule has 0 aromatic heterocycles. The molecule has 0 saturated carbocycles. The lowest BCUT2D eigenvalue weighted by atomic mass is 9.59. The summed E-state index contributed by atoms with van der Waals surface area (Å²) in [6.45, 7) is 11.3. The number of carboxylic acids is 1. The van der Waals surface area contributed by atoms with E-state index in [0.29, 0.717) is 12.8 Å². The Morgan fingerprint density at radius 2 is 1.61 bits per heavy atom. The fourth-order valence-electron chi connectivity index (χ4n) is 4.42. The predicted molar refractivity (Wildman–Crippen MR) is 124 cm³/mol. The summed E-state index contributed by atoms with van der Waals surface area (Å²) in [6.07, 6.45) is 4.15. The van der Waals surface area contributed by atoms with Crippen LogP contribution in [0.5, 0.6) is 0 Å². The van der Waals surface area contributed by atoms with Gasteiger partial charge in [-0.05, 0) is 30.2 Å². The Labute approximate surface area is 186 Å². The van der Waals surface area contributed by atoms with Gasteiger partial charge in [0.05, 0.1) is 17.3 Å². The lowest BCUT2D eigenvalue weighted by molar-refractivity contribution is -0.158. The molecule has 1 unspecified atom stereocenters. The van der Waals surface area contributed by atoms with Gasteiger partial charge in [-0.1, -0.05) is 84.0 Å². The van der Waals surface area contributed by atoms with Crippen molar-refractivity contribution in [2.75, 3.05) is 0 Å². The first-order valence-corrected chi connectivity index (χ1v) is 11.0. The van der Waals surface area contributed by atoms with Crippen LogP contribution in [0.2, 0.25) is 0 Å². The first-order chi connectivity index (χ1) is 14.5. The number of carboxylic acid groups (broad SMARTS) is 1. The number of hydrazine groups is 1. The van der Waals surface area contributed by atoms with Crippen molar-refractivity contribution in [1.29, 1.82) is 0 Å². The van der Waals surface area contributed by atoms with Gasteiger partial charge in [0, 0.05) is 5.92 Å². The van der Waals surface area contributed by atoms with Crippen LogP contribution in [0.25, 0.3) is 6.08 Å². The molecule has 0 fully saturated rings. The van der Waals surface area contributed by atoms with Crippen molar-refractivity contribution in [2.24, 2.45) is 40.8 Å². The molecule has 1 aromatic rings. The largest absolute Gasteiger partial charge is 0.481 e. The molecule has 0 radical (unpaired) electrons. The highest BCUT2D eigenvalue weighted by Gasteiger charge is 2.53. The Kier molecular flexibility index (Phi) is 10.1. The monoisotopic (exact) mass is 430 g/mol. The minimum atomic E-state index is -1.35. The van der Waals surface area contributed by atoms with Crippen LogP contribution in [0.15, 0.2) is 36.4 Å². The minimum Gasteiger partial charge on any atom is -0.481 e. The number of rotatable bonds is 12. The number of nitrogens with one attached hydrogen (secondary N) is 1. The number of hydrogen-bond donors (Lipinski definition) is 3. The first-order valence-electron chi connectivity index (χ1n) is 11.0. The van der Waals surface area contributed by atoms with Crippen molar-refractivity contribution in [1.82, 2.24) is 5.43 Å². The molecule has 0 aliphatic carbocycles. The molecule has 0 spiro atoms. The molecule has 6 heteroatoms. The van der Waals surface area contributed by atoms with Crippen molar-refractivity contribution in [3.05, 3.63) is 42.0 Å². The predicted octanol–water partition coefficient (Wildman–Crippen LogP) is 4.31. The number of carbonyl (C=O) groups is 3. The van der Waals surface area contributed by atoms with Gasteiger partial charge in [0.15, 0.2) is 0 Å². The normalized spacial score (nSPS) is 15.8. The number of Topliss-reactive ketones (excluding diaryl/α,β-unsaturated/α-hetero) is 1. The summed E-state index contributed by atoms with van der Waals surface area (Å²) in [5, 5.41) is 10.4. The van der Waals surface area contributed by atoms with E-state index < -0.39 is 35.0 Å². The number of nitrogens with two attached hydrogens (primary N) is 1. The Bertz CT molecular complexity index is 771. The second-order valence-corrected chi connectivity index (χ2v) is 9.46. The molecule has 172 valence electrons. The highest BCUT2D eigenvalue weighted by atomic mass is 16.4. The lowest BCUT2D eigenvalue weighted by Gasteiger charge is -2.41. The van der Waals surface area contributed by atoms with Gasteiger partial charge in [-0.3, -0.25) is 19.8 Å². The standard InChI is InChI=1S/C25H38N2O4/c1-16(2)14-20(23(29)27-26)21(24(30)31)25(15-17(3)4,22(28)18(5)6)13-12-19-10-8-7-9-11-19/h7-13,16-18,20-21H,14-15,26H2,1-6H3,(H,27,29)(H,30,31)/b13-12+/t20-,21-,25?/m1/s1. The van der Waals surface area contributed by atoms with Crippen molar-refractivity contribution >= 4 is 23.7 Å². The number of aliphatic carboxylic acids is 1. The van der Waals surface area contributed by atoms with Crippen LogP contribution in [-0.4, -0.2) is 22.8 Å². The zero-order valence-electron chi connectivity index (χ0n) is 19.6. The third kappa shape index (κ3) is 7.03. The van der Waals surface area contributed by atoms with Crippen LogP contribution in [-0.2, 0) is 14.4 Å². The zero-order valence-corrected chi connectivity index (χ0v) is 19.6. The molecule has 1 aromatic carbocycles. The van der Waals surface area contributed by atoms with Crippen LogP contribution < -0.4 is 11.3 Å². The van der Waals surface area contributed by atoms with Crippen LogP contribution in [0, 0.1) is 35.0 Å². The molecule has 0 saturated heterocycles. The van der Waals surface area contributed by atoms with Crippen LogP contribution >= 0.6 is 0 Å². The zero-order chi connectivity index (χ0) is 23.8. The molecular weight excluding hydrogens is 392 g/mol. The van der Waals surface area contributed by atoms with Gasteiger partial charge in [0.25, 0.3) is 0 Å². The van der Waals surface area contributed by atoms with Crippen LogP contribution in [0.4, 0.5) is 0 Å². The van der Waals surface area contributed by atoms with Gasteiger partial charge >= 0.3 is 5.97 Å². The second kappa shape index (κ2) is 11.8. The van der Waals surface area contributed by atoms with Crippen molar-refractivity contribution < 1.29 is 19.5 Å². The van der Waals surface area contributed by atoms with Crippen molar-refractivity contribution in [2.45, 2.75) is 54.4 Å². The molecule has 0 bridgehead atoms. The van der Waals surface area contributed by atoms with Crippen molar-refractivity contribution in [3.63, 3.8) is 0 Å². The molecule has 1 amide bonds. The third-order valence-corrected chi connectivity index (χ3v) is 5.53. The number of hydrogen-bond acceptors (Lipinski definition) is 4. The molecule has 4 N–H and O–H groups in total. The molecule has 0 heterocycles. The molecule has 6 nitrogen and oxygen atoms in total. The van der Waals surface area contributed by atoms with Gasteiger partial charge in [-0.25, -0.2) is 5.84 Å². The van der Waals surface area contributed by atoms with Crippen LogP contribution in [0.1, 0.15) is 59.9 Å². The molecule has 0 aliphatic heterocycles. The minimum absolute atomic E-state index is 0.0330. The highest BCUT2D eigenvalue weighted by Crippen LogP contribution is 2.45. The SMILES string of the molecule is CC(C)C[C@@H](C(=O)NN)[C@H](C(=O)O)C(/C=C/c1ccccc1)(CC(C)C)C(=O)C(C)C. The van der Waals surface area contributed by atoms with Gasteiger partial charge in [0.2, 0.25) is 5.91 Å². The van der Waals surface area contributed by atoms with E-state index in [1.165, 1.54) is 0 Å². The smallest absolute Gasteiger partial charge is 0.308 e. The molecule has 1 rings (SSSR count). The van der Waals surface area contributed by atoms with Gasteiger partial charge in [-0.2, -0.15) is 0 Å². The fourth-order valence-corrected chi connectivity index (χ4v) is 4.42. The highest BCUT2D eigenvalue weighted by molar-refractivity contribution is 5.96.